The molecule has 0 saturated carbocycles. The van der Waals surface area contributed by atoms with E-state index in [2.05, 4.69) is 57.4 Å². The monoisotopic (exact) mass is 330 g/mol. The number of amides is 1. The van der Waals surface area contributed by atoms with Gasteiger partial charge in [-0.05, 0) is 25.5 Å². The van der Waals surface area contributed by atoms with Gasteiger partial charge in [0, 0.05) is 51.9 Å². The lowest BCUT2D eigenvalue weighted by Gasteiger charge is -2.34. The van der Waals surface area contributed by atoms with Crippen molar-refractivity contribution in [1.82, 2.24) is 20.0 Å². The van der Waals surface area contributed by atoms with E-state index in [1.807, 2.05) is 0 Å². The Balaban J connectivity index is 1.35. The minimum absolute atomic E-state index is 0.195. The van der Waals surface area contributed by atoms with Gasteiger partial charge in [-0.25, -0.2) is 0 Å². The topological polar surface area (TPSA) is 38.8 Å². The molecule has 0 spiro atoms. The second-order valence-electron chi connectivity index (χ2n) is 7.18. The fraction of sp³-hybridized carbons (Fsp3) is 0.632. The molecule has 2 saturated heterocycles. The molecule has 0 aromatic heterocycles. The van der Waals surface area contributed by atoms with E-state index in [-0.39, 0.29) is 5.91 Å². The molecule has 0 aliphatic carbocycles. The van der Waals surface area contributed by atoms with E-state index in [1.54, 1.807) is 0 Å². The second kappa shape index (κ2) is 8.60. The first-order chi connectivity index (χ1) is 11.7. The highest BCUT2D eigenvalue weighted by Crippen LogP contribution is 2.14. The molecule has 132 valence electrons. The third-order valence-corrected chi connectivity index (χ3v) is 5.16. The van der Waals surface area contributed by atoms with Crippen molar-refractivity contribution in [3.8, 4) is 0 Å². The molecule has 2 fully saturated rings. The maximum Gasteiger partial charge on any atom is 0.234 e. The van der Waals surface area contributed by atoms with Gasteiger partial charge in [0.05, 0.1) is 6.54 Å². The zero-order chi connectivity index (χ0) is 16.8. The van der Waals surface area contributed by atoms with Crippen molar-refractivity contribution in [1.29, 1.82) is 0 Å². The Morgan fingerprint density at radius 2 is 1.67 bits per heavy atom. The largest absolute Gasteiger partial charge is 0.352 e. The predicted molar refractivity (Wildman–Crippen MR) is 96.8 cm³/mol. The van der Waals surface area contributed by atoms with Gasteiger partial charge in [-0.2, -0.15) is 0 Å². The smallest absolute Gasteiger partial charge is 0.234 e. The van der Waals surface area contributed by atoms with E-state index in [0.717, 1.165) is 58.7 Å². The van der Waals surface area contributed by atoms with Crippen LogP contribution >= 0.6 is 0 Å². The highest BCUT2D eigenvalue weighted by molar-refractivity contribution is 5.78. The van der Waals surface area contributed by atoms with E-state index < -0.39 is 0 Å². The van der Waals surface area contributed by atoms with Gasteiger partial charge in [0.15, 0.2) is 0 Å². The number of likely N-dealkylation sites (N-methyl/N-ethyl adjacent to an activating group) is 1. The number of carbonyl (C=O) groups is 1. The normalized spacial score (nSPS) is 21.7. The Hall–Kier alpha value is -1.43. The molecule has 1 aromatic rings. The molecule has 0 atom stereocenters. The van der Waals surface area contributed by atoms with Crippen LogP contribution in [-0.2, 0) is 11.3 Å². The first kappa shape index (κ1) is 17.4. The molecule has 0 bridgehead atoms. The molecule has 24 heavy (non-hydrogen) atoms. The molecule has 0 unspecified atom stereocenters. The third kappa shape index (κ3) is 5.30. The van der Waals surface area contributed by atoms with Gasteiger partial charge in [-0.3, -0.25) is 14.6 Å². The molecule has 0 radical (unpaired) electrons. The lowest BCUT2D eigenvalue weighted by Crippen LogP contribution is -2.51. The van der Waals surface area contributed by atoms with Gasteiger partial charge in [-0.1, -0.05) is 30.3 Å². The summed E-state index contributed by atoms with van der Waals surface area (Å²) in [5, 5.41) is 3.24. The molecular formula is C19H30N4O. The Kier molecular flexibility index (Phi) is 6.24. The molecule has 5 nitrogen and oxygen atoms in total. The van der Waals surface area contributed by atoms with Crippen LogP contribution in [0.3, 0.4) is 0 Å². The second-order valence-corrected chi connectivity index (χ2v) is 7.18. The summed E-state index contributed by atoms with van der Waals surface area (Å²) in [6.07, 6.45) is 2.11. The quantitative estimate of drug-likeness (QED) is 0.875. The van der Waals surface area contributed by atoms with Crippen molar-refractivity contribution in [2.75, 3.05) is 52.9 Å². The summed E-state index contributed by atoms with van der Waals surface area (Å²) >= 11 is 0. The van der Waals surface area contributed by atoms with Crippen molar-refractivity contribution in [3.63, 3.8) is 0 Å². The average molecular weight is 330 g/mol. The maximum atomic E-state index is 12.3. The van der Waals surface area contributed by atoms with E-state index in [4.69, 9.17) is 0 Å². The number of piperidine rings is 1. The summed E-state index contributed by atoms with van der Waals surface area (Å²) in [7, 11) is 2.14. The summed E-state index contributed by atoms with van der Waals surface area (Å²) in [5.41, 5.74) is 1.37. The highest BCUT2D eigenvalue weighted by Gasteiger charge is 2.22. The molecule has 1 amide bonds. The lowest BCUT2D eigenvalue weighted by molar-refractivity contribution is -0.123. The summed E-state index contributed by atoms with van der Waals surface area (Å²) in [5.74, 6) is 0.195. The van der Waals surface area contributed by atoms with Gasteiger partial charge in [0.1, 0.15) is 0 Å². The van der Waals surface area contributed by atoms with Crippen molar-refractivity contribution in [2.45, 2.75) is 25.4 Å². The van der Waals surface area contributed by atoms with Gasteiger partial charge < -0.3 is 10.2 Å². The van der Waals surface area contributed by atoms with Crippen LogP contribution in [0.15, 0.2) is 30.3 Å². The number of hydrogen-bond acceptors (Lipinski definition) is 4. The standard InChI is InChI=1S/C19H30N4O/c1-21-11-13-23(14-12-21)16-19(24)20-18-7-9-22(10-8-18)15-17-5-3-2-4-6-17/h2-6,18H,7-16H2,1H3,(H,20,24). The Morgan fingerprint density at radius 3 is 2.33 bits per heavy atom. The zero-order valence-electron chi connectivity index (χ0n) is 14.8. The Bertz CT molecular complexity index is 505. The minimum atomic E-state index is 0.195. The van der Waals surface area contributed by atoms with E-state index in [1.165, 1.54) is 5.56 Å². The van der Waals surface area contributed by atoms with Crippen LogP contribution in [-0.4, -0.2) is 79.5 Å². The van der Waals surface area contributed by atoms with Crippen LogP contribution in [0.2, 0.25) is 0 Å². The first-order valence-corrected chi connectivity index (χ1v) is 9.15. The van der Waals surface area contributed by atoms with Crippen LogP contribution in [0.1, 0.15) is 18.4 Å². The fourth-order valence-electron chi connectivity index (χ4n) is 3.56. The van der Waals surface area contributed by atoms with Crippen LogP contribution in [0.25, 0.3) is 0 Å². The number of nitrogens with zero attached hydrogens (tertiary/aromatic N) is 3. The summed E-state index contributed by atoms with van der Waals surface area (Å²) in [6.45, 7) is 7.82. The number of likely N-dealkylation sites (tertiary alicyclic amines) is 1. The maximum absolute atomic E-state index is 12.3. The van der Waals surface area contributed by atoms with E-state index in [9.17, 15) is 4.79 Å². The summed E-state index contributed by atoms with van der Waals surface area (Å²) < 4.78 is 0. The lowest BCUT2D eigenvalue weighted by atomic mass is 10.0. The van der Waals surface area contributed by atoms with Crippen molar-refractivity contribution < 1.29 is 4.79 Å². The van der Waals surface area contributed by atoms with E-state index >= 15 is 0 Å². The molecule has 2 aliphatic rings. The molecule has 1 aromatic carbocycles. The first-order valence-electron chi connectivity index (χ1n) is 9.15. The SMILES string of the molecule is CN1CCN(CC(=O)NC2CCN(Cc3ccccc3)CC2)CC1. The number of carbonyl (C=O) groups excluding carboxylic acids is 1. The Labute approximate surface area is 145 Å². The van der Waals surface area contributed by atoms with Gasteiger partial charge in [0.25, 0.3) is 0 Å². The van der Waals surface area contributed by atoms with Crippen molar-refractivity contribution >= 4 is 5.91 Å². The fourth-order valence-corrected chi connectivity index (χ4v) is 3.56. The predicted octanol–water partition coefficient (Wildman–Crippen LogP) is 1.01. The summed E-state index contributed by atoms with van der Waals surface area (Å²) in [4.78, 5) is 19.3. The van der Waals surface area contributed by atoms with Gasteiger partial charge in [-0.15, -0.1) is 0 Å². The molecular weight excluding hydrogens is 300 g/mol. The third-order valence-electron chi connectivity index (χ3n) is 5.16. The number of rotatable bonds is 5. The van der Waals surface area contributed by atoms with Crippen molar-refractivity contribution in [3.05, 3.63) is 35.9 Å². The Morgan fingerprint density at radius 1 is 1.00 bits per heavy atom. The number of nitrogens with one attached hydrogen (secondary N) is 1. The molecule has 3 rings (SSSR count). The van der Waals surface area contributed by atoms with Gasteiger partial charge in [0.2, 0.25) is 5.91 Å². The average Bonchev–Trinajstić information content (AvgIpc) is 2.60. The van der Waals surface area contributed by atoms with Gasteiger partial charge >= 0.3 is 0 Å². The van der Waals surface area contributed by atoms with Crippen LogP contribution < -0.4 is 5.32 Å². The van der Waals surface area contributed by atoms with Crippen LogP contribution in [0.5, 0.6) is 0 Å². The number of piperazine rings is 1. The molecule has 2 heterocycles. The number of hydrogen-bond donors (Lipinski definition) is 1. The van der Waals surface area contributed by atoms with Crippen LogP contribution in [0, 0.1) is 0 Å². The molecule has 2 aliphatic heterocycles. The zero-order valence-corrected chi connectivity index (χ0v) is 14.8. The van der Waals surface area contributed by atoms with Crippen molar-refractivity contribution in [2.24, 2.45) is 0 Å². The van der Waals surface area contributed by atoms with Crippen LogP contribution in [0.4, 0.5) is 0 Å². The number of benzene rings is 1. The summed E-state index contributed by atoms with van der Waals surface area (Å²) in [6, 6.07) is 11.0. The highest BCUT2D eigenvalue weighted by atomic mass is 16.2. The molecule has 5 heteroatoms. The minimum Gasteiger partial charge on any atom is -0.352 e. The molecule has 1 N–H and O–H groups in total. The van der Waals surface area contributed by atoms with E-state index in [0.29, 0.717) is 12.6 Å².